The Bertz CT molecular complexity index is 741. The number of ether oxygens (including phenoxy) is 1. The number of benzene rings is 2. The number of rotatable bonds is 4. The zero-order valence-electron chi connectivity index (χ0n) is 11.6. The molecule has 0 atom stereocenters. The summed E-state index contributed by atoms with van der Waals surface area (Å²) in [6.45, 7) is 0.968. The van der Waals surface area contributed by atoms with Crippen LogP contribution >= 0.6 is 0 Å². The zero-order chi connectivity index (χ0) is 16.3. The fourth-order valence-electron chi connectivity index (χ4n) is 1.79. The van der Waals surface area contributed by atoms with E-state index in [1.54, 1.807) is 19.1 Å². The molecule has 0 aliphatic heterocycles. The topological polar surface area (TPSA) is 63.6 Å². The quantitative estimate of drug-likeness (QED) is 0.696. The lowest BCUT2D eigenvalue weighted by atomic mass is 10.1. The van der Waals surface area contributed by atoms with Gasteiger partial charge < -0.3 is 9.84 Å². The number of phenolic OH excluding ortho intramolecular Hbond substituents is 1. The summed E-state index contributed by atoms with van der Waals surface area (Å²) >= 11 is 0. The van der Waals surface area contributed by atoms with Gasteiger partial charge in [-0.1, -0.05) is 12.1 Å². The minimum Gasteiger partial charge on any atom is -0.507 e. The van der Waals surface area contributed by atoms with Crippen molar-refractivity contribution in [3.8, 4) is 5.75 Å². The molecule has 0 aromatic heterocycles. The third-order valence-corrected chi connectivity index (χ3v) is 3.03. The van der Waals surface area contributed by atoms with Gasteiger partial charge in [0.25, 0.3) is 0 Å². The summed E-state index contributed by atoms with van der Waals surface area (Å²) in [6.07, 6.45) is 0. The number of esters is 1. The average molecular weight is 306 g/mol. The fourth-order valence-corrected chi connectivity index (χ4v) is 1.79. The number of hydrogen-bond acceptors (Lipinski definition) is 4. The van der Waals surface area contributed by atoms with Crippen LogP contribution in [0.1, 0.15) is 26.3 Å². The van der Waals surface area contributed by atoms with Crippen molar-refractivity contribution in [2.45, 2.75) is 6.92 Å². The van der Waals surface area contributed by atoms with Crippen LogP contribution in [0.4, 0.5) is 8.78 Å². The van der Waals surface area contributed by atoms with Crippen LogP contribution in [0, 0.1) is 18.6 Å². The normalized spacial score (nSPS) is 10.3. The van der Waals surface area contributed by atoms with Crippen LogP contribution in [-0.4, -0.2) is 23.5 Å². The Morgan fingerprint density at radius 3 is 2.55 bits per heavy atom. The van der Waals surface area contributed by atoms with Crippen LogP contribution in [0.15, 0.2) is 36.4 Å². The highest BCUT2D eigenvalue weighted by atomic mass is 19.2. The van der Waals surface area contributed by atoms with Gasteiger partial charge >= 0.3 is 5.97 Å². The average Bonchev–Trinajstić information content (AvgIpc) is 2.50. The molecule has 0 radical (unpaired) electrons. The number of aryl methyl sites for hydroxylation is 1. The number of hydrogen-bond donors (Lipinski definition) is 1. The van der Waals surface area contributed by atoms with Crippen molar-refractivity contribution in [2.24, 2.45) is 0 Å². The molecule has 0 spiro atoms. The van der Waals surface area contributed by atoms with Gasteiger partial charge in [0, 0.05) is 5.56 Å². The standard InChI is InChI=1S/C16H12F2O4/c1-9-3-2-4-11(15(9)20)16(21)22-8-14(19)10-5-6-12(17)13(18)7-10/h2-7,20H,8H2,1H3. The molecule has 0 saturated heterocycles. The summed E-state index contributed by atoms with van der Waals surface area (Å²) in [6, 6.07) is 7.17. The smallest absolute Gasteiger partial charge is 0.342 e. The molecule has 0 saturated carbocycles. The molecule has 0 amide bonds. The highest BCUT2D eigenvalue weighted by Gasteiger charge is 2.17. The second-order valence-electron chi connectivity index (χ2n) is 4.60. The van der Waals surface area contributed by atoms with E-state index in [4.69, 9.17) is 4.74 Å². The fraction of sp³-hybridized carbons (Fsp3) is 0.125. The van der Waals surface area contributed by atoms with Gasteiger partial charge in [0.15, 0.2) is 24.0 Å². The van der Waals surface area contributed by atoms with E-state index in [1.807, 2.05) is 0 Å². The number of ketones is 1. The molecule has 2 rings (SSSR count). The van der Waals surface area contributed by atoms with Gasteiger partial charge in [-0.15, -0.1) is 0 Å². The number of Topliss-reactive ketones (excluding diaryl/α,β-unsaturated/α-hetero) is 1. The van der Waals surface area contributed by atoms with Crippen molar-refractivity contribution >= 4 is 11.8 Å². The number of phenols is 1. The molecule has 1 N–H and O–H groups in total. The zero-order valence-corrected chi connectivity index (χ0v) is 11.6. The summed E-state index contributed by atoms with van der Waals surface area (Å²) < 4.78 is 30.6. The van der Waals surface area contributed by atoms with Gasteiger partial charge in [0.2, 0.25) is 0 Å². The van der Waals surface area contributed by atoms with E-state index in [0.29, 0.717) is 5.56 Å². The van der Waals surface area contributed by atoms with E-state index in [0.717, 1.165) is 18.2 Å². The molecule has 0 heterocycles. The van der Waals surface area contributed by atoms with Gasteiger partial charge in [-0.3, -0.25) is 4.79 Å². The molecular weight excluding hydrogens is 294 g/mol. The number of halogens is 2. The van der Waals surface area contributed by atoms with Crippen molar-refractivity contribution in [1.82, 2.24) is 0 Å². The highest BCUT2D eigenvalue weighted by Crippen LogP contribution is 2.22. The molecule has 0 bridgehead atoms. The van der Waals surface area contributed by atoms with Gasteiger partial charge in [0.1, 0.15) is 11.3 Å². The monoisotopic (exact) mass is 306 g/mol. The predicted molar refractivity (Wildman–Crippen MR) is 73.8 cm³/mol. The molecule has 0 unspecified atom stereocenters. The van der Waals surface area contributed by atoms with Crippen LogP contribution in [0.3, 0.4) is 0 Å². The summed E-state index contributed by atoms with van der Waals surface area (Å²) in [4.78, 5) is 23.6. The Hall–Kier alpha value is -2.76. The predicted octanol–water partition coefficient (Wildman–Crippen LogP) is 3.02. The van der Waals surface area contributed by atoms with Crippen LogP contribution in [0.25, 0.3) is 0 Å². The van der Waals surface area contributed by atoms with Crippen molar-refractivity contribution < 1.29 is 28.2 Å². The first-order chi connectivity index (χ1) is 10.4. The van der Waals surface area contributed by atoms with Crippen LogP contribution in [-0.2, 0) is 4.74 Å². The van der Waals surface area contributed by atoms with Gasteiger partial charge in [0.05, 0.1) is 0 Å². The maximum Gasteiger partial charge on any atom is 0.342 e. The first-order valence-electron chi connectivity index (χ1n) is 6.34. The van der Waals surface area contributed by atoms with E-state index in [1.165, 1.54) is 6.07 Å². The number of para-hydroxylation sites is 1. The minimum atomic E-state index is -1.16. The lowest BCUT2D eigenvalue weighted by Crippen LogP contribution is -2.15. The largest absolute Gasteiger partial charge is 0.507 e. The van der Waals surface area contributed by atoms with E-state index in [-0.39, 0.29) is 16.9 Å². The Balaban J connectivity index is 2.06. The highest BCUT2D eigenvalue weighted by molar-refractivity contribution is 6.00. The molecular formula is C16H12F2O4. The molecule has 0 aliphatic rings. The third-order valence-electron chi connectivity index (χ3n) is 3.03. The molecule has 22 heavy (non-hydrogen) atoms. The van der Waals surface area contributed by atoms with Gasteiger partial charge in [-0.25, -0.2) is 13.6 Å². The Labute approximate surface area is 125 Å². The lowest BCUT2D eigenvalue weighted by Gasteiger charge is -2.07. The first kappa shape index (κ1) is 15.6. The van der Waals surface area contributed by atoms with Crippen molar-refractivity contribution in [3.63, 3.8) is 0 Å². The molecule has 114 valence electrons. The molecule has 2 aromatic rings. The lowest BCUT2D eigenvalue weighted by molar-refractivity contribution is 0.0471. The maximum absolute atomic E-state index is 13.0. The Morgan fingerprint density at radius 1 is 1.14 bits per heavy atom. The molecule has 2 aromatic carbocycles. The van der Waals surface area contributed by atoms with E-state index < -0.39 is 30.0 Å². The van der Waals surface area contributed by atoms with Crippen LogP contribution < -0.4 is 0 Å². The van der Waals surface area contributed by atoms with E-state index in [2.05, 4.69) is 0 Å². The summed E-state index contributed by atoms with van der Waals surface area (Å²) in [5.74, 6) is -4.02. The van der Waals surface area contributed by atoms with E-state index in [9.17, 15) is 23.5 Å². The van der Waals surface area contributed by atoms with Gasteiger partial charge in [-0.2, -0.15) is 0 Å². The molecule has 0 fully saturated rings. The van der Waals surface area contributed by atoms with Gasteiger partial charge in [-0.05, 0) is 36.8 Å². The minimum absolute atomic E-state index is 0.0712. The van der Waals surface area contributed by atoms with Crippen molar-refractivity contribution in [3.05, 3.63) is 64.7 Å². The molecule has 6 heteroatoms. The second-order valence-corrected chi connectivity index (χ2v) is 4.60. The summed E-state index contributed by atoms with van der Waals surface area (Å²) in [5, 5.41) is 9.74. The second kappa shape index (κ2) is 6.34. The first-order valence-corrected chi connectivity index (χ1v) is 6.34. The van der Waals surface area contributed by atoms with Crippen molar-refractivity contribution in [2.75, 3.05) is 6.61 Å². The Morgan fingerprint density at radius 2 is 1.86 bits per heavy atom. The van der Waals surface area contributed by atoms with E-state index >= 15 is 0 Å². The molecule has 0 aliphatic carbocycles. The van der Waals surface area contributed by atoms with Crippen molar-refractivity contribution in [1.29, 1.82) is 0 Å². The number of carbonyl (C=O) groups excluding carboxylic acids is 2. The SMILES string of the molecule is Cc1cccc(C(=O)OCC(=O)c2ccc(F)c(F)c2)c1O. The van der Waals surface area contributed by atoms with Crippen LogP contribution in [0.2, 0.25) is 0 Å². The number of aromatic hydroxyl groups is 1. The Kier molecular flexibility index (Phi) is 4.50. The summed E-state index contributed by atoms with van der Waals surface area (Å²) in [5.41, 5.74) is 0.305. The van der Waals surface area contributed by atoms with Crippen LogP contribution in [0.5, 0.6) is 5.75 Å². The maximum atomic E-state index is 13.0. The number of carbonyl (C=O) groups is 2. The molecule has 4 nitrogen and oxygen atoms in total. The third kappa shape index (κ3) is 3.28. The summed E-state index contributed by atoms with van der Waals surface area (Å²) in [7, 11) is 0.